The molecule has 2 rings (SSSR count). The SMILES string of the molecule is Cc1cc(C)c(N2CCN(C(=O)O)CC2)cc1C. The summed E-state index contributed by atoms with van der Waals surface area (Å²) in [6, 6.07) is 4.41. The summed E-state index contributed by atoms with van der Waals surface area (Å²) in [7, 11) is 0. The second-order valence-corrected chi connectivity index (χ2v) is 4.98. The van der Waals surface area contributed by atoms with E-state index < -0.39 is 6.09 Å². The molecule has 0 aromatic heterocycles. The van der Waals surface area contributed by atoms with Crippen molar-refractivity contribution in [2.45, 2.75) is 20.8 Å². The highest BCUT2D eigenvalue weighted by atomic mass is 16.4. The van der Waals surface area contributed by atoms with Crippen molar-refractivity contribution >= 4 is 11.8 Å². The van der Waals surface area contributed by atoms with Crippen LogP contribution in [-0.4, -0.2) is 42.3 Å². The summed E-state index contributed by atoms with van der Waals surface area (Å²) < 4.78 is 0. The molecule has 1 aliphatic heterocycles. The molecule has 98 valence electrons. The Kier molecular flexibility index (Phi) is 3.45. The van der Waals surface area contributed by atoms with Crippen LogP contribution < -0.4 is 4.90 Å². The third kappa shape index (κ3) is 2.42. The third-order valence-corrected chi connectivity index (χ3v) is 3.70. The van der Waals surface area contributed by atoms with Crippen LogP contribution in [0.25, 0.3) is 0 Å². The van der Waals surface area contributed by atoms with Gasteiger partial charge in [-0.2, -0.15) is 0 Å². The van der Waals surface area contributed by atoms with Crippen molar-refractivity contribution in [3.05, 3.63) is 28.8 Å². The van der Waals surface area contributed by atoms with Crippen LogP contribution >= 0.6 is 0 Å². The first-order chi connectivity index (χ1) is 8.49. The van der Waals surface area contributed by atoms with Crippen molar-refractivity contribution in [3.63, 3.8) is 0 Å². The minimum Gasteiger partial charge on any atom is -0.465 e. The van der Waals surface area contributed by atoms with Crippen LogP contribution in [-0.2, 0) is 0 Å². The summed E-state index contributed by atoms with van der Waals surface area (Å²) in [4.78, 5) is 14.6. The van der Waals surface area contributed by atoms with E-state index in [9.17, 15) is 4.79 Å². The van der Waals surface area contributed by atoms with Gasteiger partial charge in [0.05, 0.1) is 0 Å². The number of anilines is 1. The largest absolute Gasteiger partial charge is 0.465 e. The highest BCUT2D eigenvalue weighted by Crippen LogP contribution is 2.25. The van der Waals surface area contributed by atoms with Gasteiger partial charge in [-0.25, -0.2) is 4.79 Å². The van der Waals surface area contributed by atoms with Gasteiger partial charge < -0.3 is 14.9 Å². The Morgan fingerprint density at radius 3 is 2.11 bits per heavy atom. The maximum absolute atomic E-state index is 10.9. The molecule has 0 saturated carbocycles. The van der Waals surface area contributed by atoms with Crippen molar-refractivity contribution in [2.24, 2.45) is 0 Å². The summed E-state index contributed by atoms with van der Waals surface area (Å²) in [5.74, 6) is 0. The predicted octanol–water partition coefficient (Wildman–Crippen LogP) is 2.41. The lowest BCUT2D eigenvalue weighted by Crippen LogP contribution is -2.48. The molecule has 1 heterocycles. The predicted molar refractivity (Wildman–Crippen MR) is 72.5 cm³/mol. The van der Waals surface area contributed by atoms with Gasteiger partial charge in [0.2, 0.25) is 0 Å². The van der Waals surface area contributed by atoms with Crippen LogP contribution in [0.3, 0.4) is 0 Å². The number of hydrogen-bond donors (Lipinski definition) is 1. The Hall–Kier alpha value is -1.71. The first-order valence-corrected chi connectivity index (χ1v) is 6.29. The third-order valence-electron chi connectivity index (χ3n) is 3.70. The van der Waals surface area contributed by atoms with Gasteiger partial charge in [0.1, 0.15) is 0 Å². The average Bonchev–Trinajstić information content (AvgIpc) is 2.34. The lowest BCUT2D eigenvalue weighted by Gasteiger charge is -2.35. The van der Waals surface area contributed by atoms with E-state index in [2.05, 4.69) is 37.8 Å². The van der Waals surface area contributed by atoms with Gasteiger partial charge in [-0.1, -0.05) is 6.07 Å². The molecule has 1 aromatic carbocycles. The summed E-state index contributed by atoms with van der Waals surface area (Å²) >= 11 is 0. The number of rotatable bonds is 1. The zero-order valence-electron chi connectivity index (χ0n) is 11.2. The molecule has 1 aliphatic rings. The number of carbonyl (C=O) groups is 1. The van der Waals surface area contributed by atoms with E-state index in [1.807, 2.05) is 0 Å². The number of carboxylic acid groups (broad SMARTS) is 1. The lowest BCUT2D eigenvalue weighted by atomic mass is 10.0. The van der Waals surface area contributed by atoms with E-state index >= 15 is 0 Å². The number of nitrogens with zero attached hydrogens (tertiary/aromatic N) is 2. The molecule has 0 radical (unpaired) electrons. The van der Waals surface area contributed by atoms with Gasteiger partial charge in [0.15, 0.2) is 0 Å². The second kappa shape index (κ2) is 4.88. The molecule has 0 aliphatic carbocycles. The van der Waals surface area contributed by atoms with E-state index in [0.717, 1.165) is 13.1 Å². The Morgan fingerprint density at radius 2 is 1.56 bits per heavy atom. The Labute approximate surface area is 108 Å². The Morgan fingerprint density at radius 1 is 1.00 bits per heavy atom. The summed E-state index contributed by atoms with van der Waals surface area (Å²) in [6.45, 7) is 9.07. The van der Waals surface area contributed by atoms with Crippen molar-refractivity contribution in [2.75, 3.05) is 31.1 Å². The zero-order chi connectivity index (χ0) is 13.3. The Balaban J connectivity index is 2.15. The molecule has 0 spiro atoms. The lowest BCUT2D eigenvalue weighted by molar-refractivity contribution is 0.142. The molecule has 1 fully saturated rings. The van der Waals surface area contributed by atoms with Gasteiger partial charge in [-0.3, -0.25) is 0 Å². The monoisotopic (exact) mass is 248 g/mol. The molecule has 0 atom stereocenters. The first-order valence-electron chi connectivity index (χ1n) is 6.29. The fourth-order valence-corrected chi connectivity index (χ4v) is 2.42. The summed E-state index contributed by atoms with van der Waals surface area (Å²) in [6.07, 6.45) is -0.813. The van der Waals surface area contributed by atoms with Crippen molar-refractivity contribution in [1.82, 2.24) is 4.90 Å². The van der Waals surface area contributed by atoms with Gasteiger partial charge in [-0.05, 0) is 43.5 Å². The quantitative estimate of drug-likeness (QED) is 0.830. The maximum atomic E-state index is 10.9. The standard InChI is InChI=1S/C14H20N2O2/c1-10-8-12(3)13(9-11(10)2)15-4-6-16(7-5-15)14(17)18/h8-9H,4-7H2,1-3H3,(H,17,18). The molecule has 0 bridgehead atoms. The molecular weight excluding hydrogens is 228 g/mol. The van der Waals surface area contributed by atoms with Crippen LogP contribution in [0, 0.1) is 20.8 Å². The van der Waals surface area contributed by atoms with Gasteiger partial charge in [0, 0.05) is 31.9 Å². The minimum absolute atomic E-state index is 0.585. The van der Waals surface area contributed by atoms with E-state index in [-0.39, 0.29) is 0 Å². The average molecular weight is 248 g/mol. The highest BCUT2D eigenvalue weighted by molar-refractivity contribution is 5.66. The smallest absolute Gasteiger partial charge is 0.407 e. The fourth-order valence-electron chi connectivity index (χ4n) is 2.42. The molecule has 0 unspecified atom stereocenters. The highest BCUT2D eigenvalue weighted by Gasteiger charge is 2.21. The van der Waals surface area contributed by atoms with Gasteiger partial charge >= 0.3 is 6.09 Å². The van der Waals surface area contributed by atoms with Crippen LogP contribution in [0.15, 0.2) is 12.1 Å². The van der Waals surface area contributed by atoms with Crippen LogP contribution in [0.4, 0.5) is 10.5 Å². The minimum atomic E-state index is -0.813. The van der Waals surface area contributed by atoms with E-state index in [1.165, 1.54) is 27.3 Å². The van der Waals surface area contributed by atoms with Crippen molar-refractivity contribution < 1.29 is 9.90 Å². The van der Waals surface area contributed by atoms with Crippen molar-refractivity contribution in [3.8, 4) is 0 Å². The number of benzene rings is 1. The maximum Gasteiger partial charge on any atom is 0.407 e. The van der Waals surface area contributed by atoms with Crippen molar-refractivity contribution in [1.29, 1.82) is 0 Å². The molecule has 18 heavy (non-hydrogen) atoms. The first kappa shape index (κ1) is 12.7. The van der Waals surface area contributed by atoms with Crippen LogP contribution in [0.1, 0.15) is 16.7 Å². The molecule has 4 heteroatoms. The number of piperazine rings is 1. The van der Waals surface area contributed by atoms with E-state index in [1.54, 1.807) is 0 Å². The summed E-state index contributed by atoms with van der Waals surface area (Å²) in [5, 5.41) is 8.94. The molecule has 1 amide bonds. The Bertz CT molecular complexity index is 463. The molecule has 1 saturated heterocycles. The van der Waals surface area contributed by atoms with E-state index in [0.29, 0.717) is 13.1 Å². The number of hydrogen-bond acceptors (Lipinski definition) is 2. The summed E-state index contributed by atoms with van der Waals surface area (Å²) in [5.41, 5.74) is 5.10. The van der Waals surface area contributed by atoms with Gasteiger partial charge in [-0.15, -0.1) is 0 Å². The van der Waals surface area contributed by atoms with E-state index in [4.69, 9.17) is 5.11 Å². The second-order valence-electron chi connectivity index (χ2n) is 4.98. The topological polar surface area (TPSA) is 43.8 Å². The number of aryl methyl sites for hydroxylation is 3. The van der Waals surface area contributed by atoms with Crippen LogP contribution in [0.2, 0.25) is 0 Å². The van der Waals surface area contributed by atoms with Crippen LogP contribution in [0.5, 0.6) is 0 Å². The fraction of sp³-hybridized carbons (Fsp3) is 0.500. The zero-order valence-corrected chi connectivity index (χ0v) is 11.2. The molecule has 4 nitrogen and oxygen atoms in total. The number of amides is 1. The molecular formula is C14H20N2O2. The molecule has 1 N–H and O–H groups in total. The molecule has 1 aromatic rings. The van der Waals surface area contributed by atoms with Gasteiger partial charge in [0.25, 0.3) is 0 Å². The normalized spacial score (nSPS) is 15.9.